The fraction of sp³-hybridized carbons (Fsp3) is 0.571. The highest BCUT2D eigenvalue weighted by Crippen LogP contribution is 2.53. The van der Waals surface area contributed by atoms with Crippen molar-refractivity contribution in [2.75, 3.05) is 23.7 Å². The number of halogens is 6. The summed E-state index contributed by atoms with van der Waals surface area (Å²) in [6, 6.07) is 1.94. The number of pyridine rings is 1. The van der Waals surface area contributed by atoms with E-state index in [1.807, 2.05) is 0 Å². The smallest absolute Gasteiger partial charge is 0.382 e. The molecular formula is C21H24F6N6OS. The topological polar surface area (TPSA) is 103 Å². The highest BCUT2D eigenvalue weighted by atomic mass is 32.2. The van der Waals surface area contributed by atoms with E-state index < -0.39 is 41.0 Å². The number of hydrogen-bond donors (Lipinski definition) is 2. The van der Waals surface area contributed by atoms with Gasteiger partial charge in [0.05, 0.1) is 5.92 Å². The molecule has 2 aromatic rings. The van der Waals surface area contributed by atoms with Gasteiger partial charge < -0.3 is 16.4 Å². The van der Waals surface area contributed by atoms with E-state index >= 15 is 0 Å². The second-order valence-corrected chi connectivity index (χ2v) is 10.1. The third kappa shape index (κ3) is 4.82. The number of nitrogen functional groups attached to an aromatic ring is 1. The van der Waals surface area contributed by atoms with Crippen LogP contribution in [0.15, 0.2) is 32.9 Å². The van der Waals surface area contributed by atoms with E-state index in [0.29, 0.717) is 37.7 Å². The van der Waals surface area contributed by atoms with E-state index in [-0.39, 0.29) is 34.4 Å². The summed E-state index contributed by atoms with van der Waals surface area (Å²) < 4.78 is 80.8. The first-order chi connectivity index (χ1) is 16.2. The number of piperidine rings is 1. The molecule has 35 heavy (non-hydrogen) atoms. The van der Waals surface area contributed by atoms with Crippen LogP contribution in [0.25, 0.3) is 0 Å². The summed E-state index contributed by atoms with van der Waals surface area (Å²) >= 11 is 0.537. The van der Waals surface area contributed by atoms with Crippen LogP contribution in [0.2, 0.25) is 0 Å². The molecule has 0 aromatic carbocycles. The lowest BCUT2D eigenvalue weighted by Gasteiger charge is -2.42. The summed E-state index contributed by atoms with van der Waals surface area (Å²) in [6.07, 6.45) is -7.32. The van der Waals surface area contributed by atoms with Gasteiger partial charge in [-0.1, -0.05) is 11.8 Å². The van der Waals surface area contributed by atoms with E-state index in [1.54, 1.807) is 4.90 Å². The Hall–Kier alpha value is -2.48. The largest absolute Gasteiger partial charge is 0.434 e. The standard InChI is InChI=1S/C21H24F6N6OS/c1-32-17(34)14(35-12-3-2-6-30-15(12)21(25,26)27)16(29)31-18(32)33-7-4-19(5-8-33)10-11(9-13(19)28)20(22,23)24/h2-3,6,11,13H,4-5,7-10,28-29H2,1H3/t11-,13-/m1/s1. The first-order valence-electron chi connectivity index (χ1n) is 10.9. The number of hydrogen-bond acceptors (Lipinski definition) is 7. The minimum atomic E-state index is -4.72. The number of rotatable bonds is 3. The van der Waals surface area contributed by atoms with Crippen molar-refractivity contribution in [1.82, 2.24) is 14.5 Å². The molecule has 2 aromatic heterocycles. The molecule has 4 rings (SSSR count). The van der Waals surface area contributed by atoms with Crippen molar-refractivity contribution in [2.45, 2.75) is 53.9 Å². The zero-order valence-corrected chi connectivity index (χ0v) is 19.5. The summed E-state index contributed by atoms with van der Waals surface area (Å²) in [7, 11) is 1.42. The van der Waals surface area contributed by atoms with Crippen molar-refractivity contribution in [3.8, 4) is 0 Å². The molecule has 0 bridgehead atoms. The van der Waals surface area contributed by atoms with Crippen LogP contribution in [0.1, 0.15) is 31.4 Å². The lowest BCUT2D eigenvalue weighted by molar-refractivity contribution is -0.174. The van der Waals surface area contributed by atoms with Crippen molar-refractivity contribution in [3.63, 3.8) is 0 Å². The van der Waals surface area contributed by atoms with Crippen LogP contribution in [0.3, 0.4) is 0 Å². The van der Waals surface area contributed by atoms with Gasteiger partial charge in [0, 0.05) is 37.3 Å². The Bertz CT molecular complexity index is 1160. The molecule has 0 unspecified atom stereocenters. The van der Waals surface area contributed by atoms with Gasteiger partial charge in [-0.2, -0.15) is 31.3 Å². The normalized spacial score (nSPS) is 22.7. The number of anilines is 2. The zero-order valence-electron chi connectivity index (χ0n) is 18.7. The molecule has 1 aliphatic carbocycles. The predicted molar refractivity (Wildman–Crippen MR) is 118 cm³/mol. The molecular weight excluding hydrogens is 498 g/mol. The van der Waals surface area contributed by atoms with E-state index in [0.717, 1.165) is 6.20 Å². The number of nitrogens with two attached hydrogens (primary N) is 2. The Labute approximate surface area is 200 Å². The molecule has 1 spiro atoms. The van der Waals surface area contributed by atoms with E-state index in [1.165, 1.54) is 23.7 Å². The molecule has 1 saturated heterocycles. The summed E-state index contributed by atoms with van der Waals surface area (Å²) in [6.45, 7) is 0.649. The highest BCUT2D eigenvalue weighted by Gasteiger charge is 2.55. The quantitative estimate of drug-likeness (QED) is 0.591. The van der Waals surface area contributed by atoms with Crippen LogP contribution >= 0.6 is 11.8 Å². The van der Waals surface area contributed by atoms with Gasteiger partial charge in [-0.05, 0) is 43.2 Å². The van der Waals surface area contributed by atoms with Gasteiger partial charge in [0.25, 0.3) is 5.56 Å². The molecule has 2 fully saturated rings. The molecule has 0 radical (unpaired) electrons. The molecule has 2 aliphatic rings. The lowest BCUT2D eigenvalue weighted by atomic mass is 9.74. The molecule has 192 valence electrons. The van der Waals surface area contributed by atoms with Gasteiger partial charge in [-0.3, -0.25) is 14.3 Å². The lowest BCUT2D eigenvalue weighted by Crippen LogP contribution is -2.48. The predicted octanol–water partition coefficient (Wildman–Crippen LogP) is 3.81. The number of alkyl halides is 6. The van der Waals surface area contributed by atoms with Crippen LogP contribution in [0.5, 0.6) is 0 Å². The third-order valence-corrected chi connectivity index (χ3v) is 8.12. The number of aromatic nitrogens is 3. The Morgan fingerprint density at radius 1 is 1.17 bits per heavy atom. The Morgan fingerprint density at radius 3 is 2.40 bits per heavy atom. The maximum atomic E-state index is 13.3. The van der Waals surface area contributed by atoms with Gasteiger partial charge >= 0.3 is 12.4 Å². The SMILES string of the molecule is Cn1c(N2CCC3(CC2)C[C@H](C(F)(F)F)C[C@H]3N)nc(N)c(Sc2cccnc2C(F)(F)F)c1=O. The van der Waals surface area contributed by atoms with Crippen LogP contribution in [-0.2, 0) is 13.2 Å². The first kappa shape index (κ1) is 25.6. The van der Waals surface area contributed by atoms with Crippen molar-refractivity contribution >= 4 is 23.5 Å². The minimum absolute atomic E-state index is 0.0256. The van der Waals surface area contributed by atoms with Crippen LogP contribution < -0.4 is 21.9 Å². The van der Waals surface area contributed by atoms with Crippen molar-refractivity contribution in [1.29, 1.82) is 0 Å². The summed E-state index contributed by atoms with van der Waals surface area (Å²) in [5.41, 5.74) is 9.72. The molecule has 14 heteroatoms. The molecule has 1 saturated carbocycles. The van der Waals surface area contributed by atoms with Crippen LogP contribution in [-0.4, -0.2) is 39.8 Å². The fourth-order valence-corrected chi connectivity index (χ4v) is 6.03. The molecule has 4 N–H and O–H groups in total. The van der Waals surface area contributed by atoms with Gasteiger partial charge in [0.15, 0.2) is 5.69 Å². The van der Waals surface area contributed by atoms with Crippen LogP contribution in [0, 0.1) is 11.3 Å². The van der Waals surface area contributed by atoms with E-state index in [4.69, 9.17) is 11.5 Å². The molecule has 2 atom stereocenters. The van der Waals surface area contributed by atoms with E-state index in [2.05, 4.69) is 9.97 Å². The molecule has 3 heterocycles. The van der Waals surface area contributed by atoms with Gasteiger partial charge in [-0.25, -0.2) is 0 Å². The van der Waals surface area contributed by atoms with Crippen molar-refractivity contribution in [2.24, 2.45) is 24.1 Å². The average Bonchev–Trinajstić information content (AvgIpc) is 3.10. The summed E-state index contributed by atoms with van der Waals surface area (Å²) in [5, 5.41) is 0. The van der Waals surface area contributed by atoms with Crippen LogP contribution in [0.4, 0.5) is 38.1 Å². The Balaban J connectivity index is 1.56. The van der Waals surface area contributed by atoms with E-state index in [9.17, 15) is 31.1 Å². The monoisotopic (exact) mass is 522 g/mol. The second kappa shape index (κ2) is 8.87. The summed E-state index contributed by atoms with van der Waals surface area (Å²) in [5.74, 6) is -1.46. The van der Waals surface area contributed by atoms with Gasteiger partial charge in [-0.15, -0.1) is 0 Å². The van der Waals surface area contributed by atoms with Crippen molar-refractivity contribution in [3.05, 3.63) is 34.4 Å². The maximum absolute atomic E-state index is 13.3. The minimum Gasteiger partial charge on any atom is -0.382 e. The second-order valence-electron chi connectivity index (χ2n) is 9.07. The zero-order chi connectivity index (χ0) is 25.8. The highest BCUT2D eigenvalue weighted by molar-refractivity contribution is 7.99. The van der Waals surface area contributed by atoms with Gasteiger partial charge in [0.1, 0.15) is 10.7 Å². The Morgan fingerprint density at radius 2 is 1.83 bits per heavy atom. The number of nitrogens with zero attached hydrogens (tertiary/aromatic N) is 4. The Kier molecular flexibility index (Phi) is 6.49. The summed E-state index contributed by atoms with van der Waals surface area (Å²) in [4.78, 5) is 22.0. The average molecular weight is 523 g/mol. The molecule has 1 aliphatic heterocycles. The third-order valence-electron chi connectivity index (χ3n) is 6.99. The molecule has 0 amide bonds. The maximum Gasteiger partial charge on any atom is 0.434 e. The molecule has 7 nitrogen and oxygen atoms in total. The first-order valence-corrected chi connectivity index (χ1v) is 11.7. The van der Waals surface area contributed by atoms with Crippen molar-refractivity contribution < 1.29 is 26.3 Å². The van der Waals surface area contributed by atoms with Gasteiger partial charge in [0.2, 0.25) is 5.95 Å². The fourth-order valence-electron chi connectivity index (χ4n) is 5.02.